The largest absolute Gasteiger partial charge is 0.463 e. The van der Waals surface area contributed by atoms with Crippen LogP contribution in [0.1, 0.15) is 24.0 Å². The molecule has 0 radical (unpaired) electrons. The molecule has 0 bridgehead atoms. The Balaban J connectivity index is 2.05. The summed E-state index contributed by atoms with van der Waals surface area (Å²) >= 11 is 1.03. The van der Waals surface area contributed by atoms with Gasteiger partial charge >= 0.3 is 5.97 Å². The molecule has 0 fully saturated rings. The van der Waals surface area contributed by atoms with Gasteiger partial charge in [0.2, 0.25) is 0 Å². The van der Waals surface area contributed by atoms with Gasteiger partial charge in [0, 0.05) is 0 Å². The summed E-state index contributed by atoms with van der Waals surface area (Å²) < 4.78 is 33.6. The Kier molecular flexibility index (Phi) is 5.94. The number of aromatic nitrogens is 1. The van der Waals surface area contributed by atoms with E-state index in [2.05, 4.69) is 6.07 Å². The van der Waals surface area contributed by atoms with E-state index in [9.17, 15) is 23.6 Å². The monoisotopic (exact) mass is 465 g/mol. The quantitative estimate of drug-likeness (QED) is 0.596. The fourth-order valence-electron chi connectivity index (χ4n) is 3.66. The van der Waals surface area contributed by atoms with Crippen LogP contribution in [0.4, 0.5) is 8.78 Å². The maximum atomic E-state index is 13.5. The van der Waals surface area contributed by atoms with Crippen LogP contribution in [-0.4, -0.2) is 17.1 Å². The van der Waals surface area contributed by atoms with E-state index in [1.165, 1.54) is 48.5 Å². The Hall–Kier alpha value is -4.03. The van der Waals surface area contributed by atoms with Crippen LogP contribution in [0.5, 0.6) is 0 Å². The molecule has 0 aliphatic carbocycles. The van der Waals surface area contributed by atoms with Gasteiger partial charge in [-0.2, -0.15) is 5.26 Å². The van der Waals surface area contributed by atoms with Crippen molar-refractivity contribution in [2.24, 2.45) is 5.73 Å². The number of nitriles is 1. The maximum Gasteiger partial charge on any atom is 0.338 e. The van der Waals surface area contributed by atoms with Crippen LogP contribution >= 0.6 is 11.3 Å². The van der Waals surface area contributed by atoms with Crippen LogP contribution in [0.15, 0.2) is 58.9 Å². The molecular formula is C24H17F2N3O3S. The van der Waals surface area contributed by atoms with E-state index in [4.69, 9.17) is 10.5 Å². The number of ether oxygens (including phenoxy) is 1. The van der Waals surface area contributed by atoms with Gasteiger partial charge < -0.3 is 10.5 Å². The van der Waals surface area contributed by atoms with Crippen molar-refractivity contribution in [3.05, 3.63) is 96.4 Å². The average molecular weight is 465 g/mol. The lowest BCUT2D eigenvalue weighted by atomic mass is 9.84. The van der Waals surface area contributed by atoms with Gasteiger partial charge in [0.1, 0.15) is 22.1 Å². The summed E-state index contributed by atoms with van der Waals surface area (Å²) in [6, 6.07) is 13.0. The minimum Gasteiger partial charge on any atom is -0.463 e. The summed E-state index contributed by atoms with van der Waals surface area (Å²) in [5.74, 6) is -2.76. The Morgan fingerprint density at radius 2 is 1.79 bits per heavy atom. The molecule has 1 aliphatic rings. The minimum atomic E-state index is -0.939. The van der Waals surface area contributed by atoms with E-state index in [1.807, 2.05) is 0 Å². The molecule has 0 saturated carbocycles. The third-order valence-corrected chi connectivity index (χ3v) is 6.24. The van der Waals surface area contributed by atoms with Crippen LogP contribution < -0.4 is 20.5 Å². The smallest absolute Gasteiger partial charge is 0.338 e. The van der Waals surface area contributed by atoms with Crippen LogP contribution in [0.3, 0.4) is 0 Å². The summed E-state index contributed by atoms with van der Waals surface area (Å²) in [6.45, 7) is 1.68. The Morgan fingerprint density at radius 3 is 2.36 bits per heavy atom. The molecule has 9 heteroatoms. The van der Waals surface area contributed by atoms with Crippen molar-refractivity contribution >= 4 is 34.8 Å². The topological polar surface area (TPSA) is 98.1 Å². The molecule has 3 aromatic rings. The number of halogens is 2. The number of nitrogens with two attached hydrogens (primary N) is 1. The zero-order valence-electron chi connectivity index (χ0n) is 17.3. The standard InChI is InChI=1S/C24H17F2N3O3S/c1-2-32-24(31)20-19(14-5-9-16(26)10-6-14)17(12-27)23-29(21(20)28)22(30)18(33-23)11-13-3-7-15(25)8-4-13/h3-11,19H,2,28H2,1H3/b18-11-/t19-/m0/s1. The SMILES string of the molecule is CCOC(=O)C1=C(N)n2c(s/c(=C\c3ccc(F)cc3)c2=O)=C(C#N)[C@@H]1c1ccc(F)cc1. The van der Waals surface area contributed by atoms with Crippen LogP contribution in [0.25, 0.3) is 17.5 Å². The lowest BCUT2D eigenvalue weighted by Gasteiger charge is -2.25. The first kappa shape index (κ1) is 22.2. The molecule has 1 aromatic heterocycles. The summed E-state index contributed by atoms with van der Waals surface area (Å²) in [6.07, 6.45) is 1.55. The number of carbonyl (C=O) groups is 1. The third-order valence-electron chi connectivity index (χ3n) is 5.14. The predicted octanol–water partition coefficient (Wildman–Crippen LogP) is 2.18. The Labute approximate surface area is 190 Å². The first-order valence-electron chi connectivity index (χ1n) is 9.91. The second kappa shape index (κ2) is 8.84. The van der Waals surface area contributed by atoms with Gasteiger partial charge in [0.05, 0.1) is 34.3 Å². The molecule has 0 unspecified atom stereocenters. The van der Waals surface area contributed by atoms with Gasteiger partial charge in [0.15, 0.2) is 0 Å². The fraction of sp³-hybridized carbons (Fsp3) is 0.125. The second-order valence-corrected chi connectivity index (χ2v) is 8.17. The van der Waals surface area contributed by atoms with E-state index < -0.39 is 29.1 Å². The van der Waals surface area contributed by atoms with Crippen molar-refractivity contribution < 1.29 is 18.3 Å². The lowest BCUT2D eigenvalue weighted by Crippen LogP contribution is -2.40. The molecule has 166 valence electrons. The summed E-state index contributed by atoms with van der Waals surface area (Å²) in [4.78, 5) is 26.1. The zero-order valence-corrected chi connectivity index (χ0v) is 18.2. The number of carbonyl (C=O) groups excluding carboxylic acids is 1. The zero-order chi connectivity index (χ0) is 23.7. The number of hydrogen-bond donors (Lipinski definition) is 1. The van der Waals surface area contributed by atoms with Crippen molar-refractivity contribution in [1.29, 1.82) is 5.26 Å². The molecule has 0 saturated heterocycles. The average Bonchev–Trinajstić information content (AvgIpc) is 3.12. The number of esters is 1. The van der Waals surface area contributed by atoms with Crippen molar-refractivity contribution in [3.8, 4) is 6.07 Å². The first-order chi connectivity index (χ1) is 15.8. The number of benzene rings is 2. The highest BCUT2D eigenvalue weighted by Gasteiger charge is 2.36. The minimum absolute atomic E-state index is 0.0582. The second-order valence-electron chi connectivity index (χ2n) is 7.14. The third kappa shape index (κ3) is 3.97. The molecule has 0 spiro atoms. The van der Waals surface area contributed by atoms with Crippen molar-refractivity contribution in [2.75, 3.05) is 6.61 Å². The van der Waals surface area contributed by atoms with Gasteiger partial charge in [-0.25, -0.2) is 13.6 Å². The molecule has 2 N–H and O–H groups in total. The Morgan fingerprint density at radius 1 is 1.18 bits per heavy atom. The first-order valence-corrected chi connectivity index (χ1v) is 10.7. The van der Waals surface area contributed by atoms with Crippen LogP contribution in [0.2, 0.25) is 0 Å². The number of nitrogens with zero attached hydrogens (tertiary/aromatic N) is 2. The highest BCUT2D eigenvalue weighted by atomic mass is 32.1. The summed E-state index contributed by atoms with van der Waals surface area (Å²) in [5.41, 5.74) is 6.86. The molecule has 0 amide bonds. The molecule has 33 heavy (non-hydrogen) atoms. The fourth-order valence-corrected chi connectivity index (χ4v) is 4.79. The van der Waals surface area contributed by atoms with Gasteiger partial charge in [-0.15, -0.1) is 11.3 Å². The van der Waals surface area contributed by atoms with E-state index >= 15 is 0 Å². The molecule has 4 rings (SSSR count). The molecular weight excluding hydrogens is 448 g/mol. The molecule has 2 aromatic carbocycles. The lowest BCUT2D eigenvalue weighted by molar-refractivity contribution is -0.138. The number of thiazole rings is 1. The number of hydrogen-bond acceptors (Lipinski definition) is 6. The van der Waals surface area contributed by atoms with Crippen molar-refractivity contribution in [1.82, 2.24) is 4.57 Å². The molecule has 1 aliphatic heterocycles. The highest BCUT2D eigenvalue weighted by molar-refractivity contribution is 7.07. The van der Waals surface area contributed by atoms with E-state index in [1.54, 1.807) is 13.0 Å². The maximum absolute atomic E-state index is 13.5. The predicted molar refractivity (Wildman–Crippen MR) is 120 cm³/mol. The number of fused-ring (bicyclic) bond motifs is 1. The van der Waals surface area contributed by atoms with Gasteiger partial charge in [-0.1, -0.05) is 24.3 Å². The van der Waals surface area contributed by atoms with E-state index in [0.717, 1.165) is 15.9 Å². The summed E-state index contributed by atoms with van der Waals surface area (Å²) in [5, 5.41) is 10.0. The van der Waals surface area contributed by atoms with Crippen molar-refractivity contribution in [2.45, 2.75) is 12.8 Å². The molecule has 6 nitrogen and oxygen atoms in total. The van der Waals surface area contributed by atoms with E-state index in [-0.39, 0.29) is 32.8 Å². The van der Waals surface area contributed by atoms with E-state index in [0.29, 0.717) is 11.1 Å². The van der Waals surface area contributed by atoms with Crippen molar-refractivity contribution in [3.63, 3.8) is 0 Å². The van der Waals surface area contributed by atoms with Gasteiger partial charge in [-0.05, 0) is 48.4 Å². The molecule has 2 heterocycles. The van der Waals surface area contributed by atoms with Crippen LogP contribution in [-0.2, 0) is 9.53 Å². The normalized spacial score (nSPS) is 15.9. The highest BCUT2D eigenvalue weighted by Crippen LogP contribution is 2.36. The van der Waals surface area contributed by atoms with Gasteiger partial charge in [-0.3, -0.25) is 9.36 Å². The van der Waals surface area contributed by atoms with Crippen LogP contribution in [0, 0.1) is 23.0 Å². The molecule has 1 atom stereocenters. The Bertz CT molecular complexity index is 1490. The van der Waals surface area contributed by atoms with Gasteiger partial charge in [0.25, 0.3) is 5.56 Å². The number of rotatable bonds is 4. The summed E-state index contributed by atoms with van der Waals surface area (Å²) in [7, 11) is 0.